The van der Waals surface area contributed by atoms with Gasteiger partial charge in [0.25, 0.3) is 0 Å². The van der Waals surface area contributed by atoms with Gasteiger partial charge in [0.05, 0.1) is 22.3 Å². The second-order valence-corrected chi connectivity index (χ2v) is 14.1. The lowest BCUT2D eigenvalue weighted by Gasteiger charge is -2.57. The average Bonchev–Trinajstić information content (AvgIpc) is 3.46. The molecule has 0 unspecified atom stereocenters. The highest BCUT2D eigenvalue weighted by molar-refractivity contribution is 6.30. The smallest absolute Gasteiger partial charge is 0.239 e. The summed E-state index contributed by atoms with van der Waals surface area (Å²) in [4.78, 5) is 15.9. The van der Waals surface area contributed by atoms with Crippen molar-refractivity contribution < 1.29 is 9.18 Å². The van der Waals surface area contributed by atoms with Crippen LogP contribution in [-0.4, -0.2) is 40.2 Å². The summed E-state index contributed by atoms with van der Waals surface area (Å²) < 4.78 is 16.4. The van der Waals surface area contributed by atoms with Crippen molar-refractivity contribution >= 4 is 17.5 Å². The van der Waals surface area contributed by atoms with Crippen LogP contribution in [0.4, 0.5) is 4.39 Å². The Labute approximate surface area is 225 Å². The van der Waals surface area contributed by atoms with Gasteiger partial charge in [-0.3, -0.25) is 14.8 Å². The maximum absolute atomic E-state index is 14.5. The number of aromatic nitrogens is 2. The summed E-state index contributed by atoms with van der Waals surface area (Å²) in [6, 6.07) is 6.47. The molecule has 200 valence electrons. The largest absolute Gasteiger partial charge is 0.344 e. The van der Waals surface area contributed by atoms with Crippen molar-refractivity contribution in [2.75, 3.05) is 13.6 Å². The monoisotopic (exact) mass is 526 g/mol. The second-order valence-electron chi connectivity index (χ2n) is 13.7. The van der Waals surface area contributed by atoms with Crippen molar-refractivity contribution in [2.45, 2.75) is 89.3 Å². The lowest BCUT2D eigenvalue weighted by atomic mass is 9.49. The Balaban J connectivity index is 1.23. The molecule has 1 amide bonds. The Hall–Kier alpha value is -1.92. The van der Waals surface area contributed by atoms with Crippen LogP contribution in [0.3, 0.4) is 0 Å². The number of rotatable bonds is 5. The van der Waals surface area contributed by atoms with Crippen LogP contribution >= 0.6 is 11.6 Å². The van der Waals surface area contributed by atoms with Crippen molar-refractivity contribution in [3.8, 4) is 0 Å². The molecule has 1 aliphatic heterocycles. The molecule has 5 aliphatic rings. The number of likely N-dealkylation sites (N-methyl/N-ethyl adjacent to an activating group) is 1. The standard InChI is InChI=1S/C30H40ClFN4O/c1-29(2,3)36-8-7-25(34-36)22-13-26(33-27(22)21-5-6-23(31)24(32)12-21)28(37)35(4)17-30-14-18-9-19(15-30)11-20(10-18)16-30/h5-8,12,18-20,22,26-27,33H,9-11,13-17H2,1-4H3/t18?,19?,20?,22-,26-,27-,30?/m0/s1. The van der Waals surface area contributed by atoms with E-state index in [4.69, 9.17) is 16.7 Å². The lowest BCUT2D eigenvalue weighted by Crippen LogP contribution is -2.53. The van der Waals surface area contributed by atoms with E-state index in [2.05, 4.69) is 26.1 Å². The molecule has 37 heavy (non-hydrogen) atoms. The van der Waals surface area contributed by atoms with Gasteiger partial charge >= 0.3 is 0 Å². The van der Waals surface area contributed by atoms with E-state index >= 15 is 0 Å². The third-order valence-electron chi connectivity index (χ3n) is 9.66. The maximum Gasteiger partial charge on any atom is 0.239 e. The van der Waals surface area contributed by atoms with Crippen molar-refractivity contribution in [3.63, 3.8) is 0 Å². The third kappa shape index (κ3) is 4.73. The first-order chi connectivity index (χ1) is 17.5. The van der Waals surface area contributed by atoms with E-state index in [9.17, 15) is 9.18 Å². The van der Waals surface area contributed by atoms with Crippen molar-refractivity contribution in [1.29, 1.82) is 0 Å². The van der Waals surface area contributed by atoms with Crippen molar-refractivity contribution in [2.24, 2.45) is 23.2 Å². The molecule has 1 saturated heterocycles. The summed E-state index contributed by atoms with van der Waals surface area (Å²) >= 11 is 5.99. The Morgan fingerprint density at radius 1 is 1.14 bits per heavy atom. The number of carbonyl (C=O) groups excluding carboxylic acids is 1. The Bertz CT molecular complexity index is 1150. The molecule has 1 aromatic heterocycles. The van der Waals surface area contributed by atoms with Gasteiger partial charge in [-0.1, -0.05) is 17.7 Å². The van der Waals surface area contributed by atoms with Gasteiger partial charge in [-0.2, -0.15) is 5.10 Å². The highest BCUT2D eigenvalue weighted by Crippen LogP contribution is 2.60. The lowest BCUT2D eigenvalue weighted by molar-refractivity contribution is -0.137. The zero-order valence-electron chi connectivity index (χ0n) is 22.5. The molecule has 4 aliphatic carbocycles. The highest BCUT2D eigenvalue weighted by Gasteiger charge is 2.52. The van der Waals surface area contributed by atoms with E-state index in [1.807, 2.05) is 35.0 Å². The number of carbonyl (C=O) groups is 1. The molecule has 3 atom stereocenters. The van der Waals surface area contributed by atoms with Crippen LogP contribution in [0.25, 0.3) is 0 Å². The molecule has 7 rings (SSSR count). The molecular weight excluding hydrogens is 487 g/mol. The zero-order valence-corrected chi connectivity index (χ0v) is 23.3. The van der Waals surface area contributed by atoms with E-state index in [1.165, 1.54) is 44.6 Å². The van der Waals surface area contributed by atoms with Crippen LogP contribution in [0.1, 0.15) is 88.9 Å². The van der Waals surface area contributed by atoms with Crippen molar-refractivity contribution in [1.82, 2.24) is 20.0 Å². The molecule has 4 saturated carbocycles. The SMILES string of the molecule is CN(CC12CC3CC(CC(C3)C1)C2)C(=O)[C@@H]1C[C@@H](c2ccn(C(C)(C)C)n2)[C@H](c2ccc(Cl)c(F)c2)N1. The van der Waals surface area contributed by atoms with E-state index in [-0.39, 0.29) is 34.5 Å². The van der Waals surface area contributed by atoms with Gasteiger partial charge in [0, 0.05) is 31.7 Å². The Morgan fingerprint density at radius 3 is 2.35 bits per heavy atom. The number of halogens is 2. The minimum atomic E-state index is -0.436. The molecule has 5 nitrogen and oxygen atoms in total. The van der Waals surface area contributed by atoms with Gasteiger partial charge in [0.15, 0.2) is 0 Å². The highest BCUT2D eigenvalue weighted by atomic mass is 35.5. The molecular formula is C30H40ClFN4O. The average molecular weight is 527 g/mol. The predicted molar refractivity (Wildman–Crippen MR) is 144 cm³/mol. The first kappa shape index (κ1) is 25.4. The fourth-order valence-corrected chi connectivity index (χ4v) is 8.65. The molecule has 2 heterocycles. The number of amides is 1. The van der Waals surface area contributed by atoms with Crippen LogP contribution in [0.5, 0.6) is 0 Å². The number of nitrogens with one attached hydrogen (secondary N) is 1. The topological polar surface area (TPSA) is 50.2 Å². The van der Waals surface area contributed by atoms with Gasteiger partial charge in [-0.25, -0.2) is 4.39 Å². The zero-order chi connectivity index (χ0) is 26.1. The molecule has 1 aromatic carbocycles. The van der Waals surface area contributed by atoms with E-state index < -0.39 is 5.82 Å². The number of benzene rings is 1. The summed E-state index contributed by atoms with van der Waals surface area (Å²) in [5.74, 6) is 2.27. The molecule has 2 aromatic rings. The summed E-state index contributed by atoms with van der Waals surface area (Å²) in [6.07, 6.45) is 10.7. The Kier molecular flexibility index (Phi) is 6.23. The molecule has 0 radical (unpaired) electrons. The Morgan fingerprint density at radius 2 is 1.78 bits per heavy atom. The second kappa shape index (κ2) is 9.08. The van der Waals surface area contributed by atoms with Gasteiger partial charge < -0.3 is 4.90 Å². The normalized spacial score (nSPS) is 34.8. The third-order valence-corrected chi connectivity index (χ3v) is 9.97. The number of nitrogens with zero attached hydrogens (tertiary/aromatic N) is 3. The van der Waals surface area contributed by atoms with E-state index in [0.29, 0.717) is 11.8 Å². The first-order valence-electron chi connectivity index (χ1n) is 14.0. The van der Waals surface area contributed by atoms with Gasteiger partial charge in [0.1, 0.15) is 5.82 Å². The summed E-state index contributed by atoms with van der Waals surface area (Å²) in [5, 5.41) is 8.60. The fourth-order valence-electron chi connectivity index (χ4n) is 8.53. The molecule has 7 heteroatoms. The van der Waals surface area contributed by atoms with Crippen LogP contribution in [0.15, 0.2) is 30.5 Å². The predicted octanol–water partition coefficient (Wildman–Crippen LogP) is 6.29. The number of hydrogen-bond acceptors (Lipinski definition) is 3. The number of hydrogen-bond donors (Lipinski definition) is 1. The summed E-state index contributed by atoms with van der Waals surface area (Å²) in [7, 11) is 1.99. The van der Waals surface area contributed by atoms with Crippen LogP contribution in [0, 0.1) is 29.0 Å². The summed E-state index contributed by atoms with van der Waals surface area (Å²) in [5.41, 5.74) is 1.90. The molecule has 5 fully saturated rings. The van der Waals surface area contributed by atoms with Gasteiger partial charge in [0.2, 0.25) is 5.91 Å². The minimum absolute atomic E-state index is 0.0360. The summed E-state index contributed by atoms with van der Waals surface area (Å²) in [6.45, 7) is 7.22. The first-order valence-corrected chi connectivity index (χ1v) is 14.4. The van der Waals surface area contributed by atoms with Crippen LogP contribution in [-0.2, 0) is 10.3 Å². The quantitative estimate of drug-likeness (QED) is 0.498. The molecule has 0 spiro atoms. The molecule has 1 N–H and O–H groups in total. The minimum Gasteiger partial charge on any atom is -0.344 e. The molecule has 4 bridgehead atoms. The van der Waals surface area contributed by atoms with Crippen molar-refractivity contribution in [3.05, 3.63) is 52.6 Å². The van der Waals surface area contributed by atoms with Crippen LogP contribution < -0.4 is 5.32 Å². The van der Waals surface area contributed by atoms with Gasteiger partial charge in [-0.15, -0.1) is 0 Å². The van der Waals surface area contributed by atoms with Gasteiger partial charge in [-0.05, 0) is 113 Å². The maximum atomic E-state index is 14.5. The fraction of sp³-hybridized carbons (Fsp3) is 0.667. The van der Waals surface area contributed by atoms with Crippen LogP contribution in [0.2, 0.25) is 5.02 Å². The van der Waals surface area contributed by atoms with E-state index in [1.54, 1.807) is 6.07 Å². The van der Waals surface area contributed by atoms with E-state index in [0.717, 1.165) is 35.6 Å².